The Labute approximate surface area is 118 Å². The number of anilines is 2. The molecule has 0 spiro atoms. The lowest BCUT2D eigenvalue weighted by atomic mass is 10.1. The monoisotopic (exact) mass is 282 g/mol. The Morgan fingerprint density at radius 3 is 2.63 bits per heavy atom. The molecule has 1 unspecified atom stereocenters. The number of carbonyl (C=O) groups is 1. The first-order valence-electron chi connectivity index (χ1n) is 6.54. The van der Waals surface area contributed by atoms with Crippen LogP contribution in [0.5, 0.6) is 0 Å². The number of benzene rings is 1. The van der Waals surface area contributed by atoms with Gasteiger partial charge in [0.1, 0.15) is 0 Å². The minimum Gasteiger partial charge on any atom is -0.378 e. The summed E-state index contributed by atoms with van der Waals surface area (Å²) >= 11 is 6.28. The molecule has 1 aromatic carbocycles. The van der Waals surface area contributed by atoms with Crippen molar-refractivity contribution in [2.75, 3.05) is 17.3 Å². The van der Waals surface area contributed by atoms with Gasteiger partial charge in [-0.2, -0.15) is 0 Å². The van der Waals surface area contributed by atoms with Gasteiger partial charge in [-0.05, 0) is 25.0 Å². The van der Waals surface area contributed by atoms with Crippen molar-refractivity contribution in [3.63, 3.8) is 0 Å². The SMILES string of the molecule is CCC(CC)N(C)c1cc2c(cc1Cl)C(O)C(=O)N2. The largest absolute Gasteiger partial charge is 0.378 e. The molecule has 0 bridgehead atoms. The molecule has 0 saturated heterocycles. The van der Waals surface area contributed by atoms with Crippen LogP contribution in [0.4, 0.5) is 11.4 Å². The fourth-order valence-electron chi connectivity index (χ4n) is 2.56. The van der Waals surface area contributed by atoms with Gasteiger partial charge in [0.05, 0.1) is 10.7 Å². The van der Waals surface area contributed by atoms with Gasteiger partial charge in [-0.3, -0.25) is 4.79 Å². The van der Waals surface area contributed by atoms with E-state index in [-0.39, 0.29) is 0 Å². The average molecular weight is 283 g/mol. The van der Waals surface area contributed by atoms with Gasteiger partial charge in [-0.25, -0.2) is 0 Å². The highest BCUT2D eigenvalue weighted by Gasteiger charge is 2.30. The fraction of sp³-hybridized carbons (Fsp3) is 0.500. The van der Waals surface area contributed by atoms with E-state index in [9.17, 15) is 9.90 Å². The van der Waals surface area contributed by atoms with Crippen LogP contribution in [0.15, 0.2) is 12.1 Å². The molecule has 104 valence electrons. The topological polar surface area (TPSA) is 52.6 Å². The molecule has 5 heteroatoms. The number of amides is 1. The number of hydrogen-bond donors (Lipinski definition) is 2. The maximum atomic E-state index is 11.5. The van der Waals surface area contributed by atoms with Gasteiger partial charge < -0.3 is 15.3 Å². The predicted molar refractivity (Wildman–Crippen MR) is 77.8 cm³/mol. The first-order chi connectivity index (χ1) is 8.99. The van der Waals surface area contributed by atoms with Gasteiger partial charge in [-0.1, -0.05) is 25.4 Å². The van der Waals surface area contributed by atoms with Crippen LogP contribution >= 0.6 is 11.6 Å². The standard InChI is InChI=1S/C14H19ClN2O2/c1-4-8(5-2)17(3)12-7-11-9(6-10(12)15)13(18)14(19)16-11/h6-8,13,18H,4-5H2,1-3H3,(H,16,19). The maximum absolute atomic E-state index is 11.5. The first-order valence-corrected chi connectivity index (χ1v) is 6.92. The van der Waals surface area contributed by atoms with Crippen molar-refractivity contribution >= 4 is 28.9 Å². The van der Waals surface area contributed by atoms with Crippen molar-refractivity contribution in [1.82, 2.24) is 0 Å². The van der Waals surface area contributed by atoms with Crippen molar-refractivity contribution in [1.29, 1.82) is 0 Å². The third-order valence-electron chi connectivity index (χ3n) is 3.79. The number of nitrogens with one attached hydrogen (secondary N) is 1. The predicted octanol–water partition coefficient (Wildman–Crippen LogP) is 2.95. The normalized spacial score (nSPS) is 17.6. The molecule has 1 aliphatic rings. The van der Waals surface area contributed by atoms with Crippen LogP contribution < -0.4 is 10.2 Å². The second-order valence-electron chi connectivity index (χ2n) is 4.86. The average Bonchev–Trinajstić information content (AvgIpc) is 2.66. The summed E-state index contributed by atoms with van der Waals surface area (Å²) in [5.74, 6) is -0.395. The van der Waals surface area contributed by atoms with Crippen molar-refractivity contribution in [2.45, 2.75) is 38.8 Å². The van der Waals surface area contributed by atoms with Crippen molar-refractivity contribution in [3.8, 4) is 0 Å². The number of halogens is 1. The summed E-state index contributed by atoms with van der Waals surface area (Å²) < 4.78 is 0. The lowest BCUT2D eigenvalue weighted by molar-refractivity contribution is -0.123. The molecular formula is C14H19ClN2O2. The lowest BCUT2D eigenvalue weighted by Gasteiger charge is -2.29. The van der Waals surface area contributed by atoms with Crippen LogP contribution in [-0.4, -0.2) is 24.1 Å². The zero-order valence-corrected chi connectivity index (χ0v) is 12.2. The summed E-state index contributed by atoms with van der Waals surface area (Å²) in [4.78, 5) is 13.6. The van der Waals surface area contributed by atoms with E-state index >= 15 is 0 Å². The van der Waals surface area contributed by atoms with E-state index < -0.39 is 12.0 Å². The second kappa shape index (κ2) is 5.39. The van der Waals surface area contributed by atoms with E-state index in [1.165, 1.54) is 0 Å². The Bertz CT molecular complexity index is 500. The van der Waals surface area contributed by atoms with Gasteiger partial charge in [0.25, 0.3) is 5.91 Å². The molecule has 1 aromatic rings. The smallest absolute Gasteiger partial charge is 0.257 e. The summed E-state index contributed by atoms with van der Waals surface area (Å²) in [6.45, 7) is 4.27. The molecule has 1 aliphatic heterocycles. The Kier molecular flexibility index (Phi) is 4.02. The van der Waals surface area contributed by atoms with Crippen molar-refractivity contribution in [3.05, 3.63) is 22.7 Å². The van der Waals surface area contributed by atoms with E-state index in [4.69, 9.17) is 11.6 Å². The number of fused-ring (bicyclic) bond motifs is 1. The van der Waals surface area contributed by atoms with Crippen molar-refractivity contribution in [2.24, 2.45) is 0 Å². The zero-order chi connectivity index (χ0) is 14.2. The zero-order valence-electron chi connectivity index (χ0n) is 11.4. The number of aliphatic hydroxyl groups excluding tert-OH is 1. The number of hydrogen-bond acceptors (Lipinski definition) is 3. The van der Waals surface area contributed by atoms with Gasteiger partial charge in [0, 0.05) is 24.3 Å². The number of nitrogens with zero attached hydrogens (tertiary/aromatic N) is 1. The number of aliphatic hydroxyl groups is 1. The molecule has 2 N–H and O–H groups in total. The minimum atomic E-state index is -1.11. The van der Waals surface area contributed by atoms with E-state index in [2.05, 4.69) is 24.1 Å². The molecule has 19 heavy (non-hydrogen) atoms. The molecule has 0 radical (unpaired) electrons. The number of rotatable bonds is 4. The van der Waals surface area contributed by atoms with E-state index in [1.807, 2.05) is 13.1 Å². The van der Waals surface area contributed by atoms with E-state index in [1.54, 1.807) is 6.07 Å². The molecule has 1 amide bonds. The quantitative estimate of drug-likeness (QED) is 0.893. The van der Waals surface area contributed by atoms with Gasteiger partial charge in [0.15, 0.2) is 6.10 Å². The Morgan fingerprint density at radius 2 is 2.05 bits per heavy atom. The third kappa shape index (κ3) is 2.42. The van der Waals surface area contributed by atoms with Gasteiger partial charge >= 0.3 is 0 Å². The molecular weight excluding hydrogens is 264 g/mol. The molecule has 0 aromatic heterocycles. The summed E-state index contributed by atoms with van der Waals surface area (Å²) in [5.41, 5.74) is 2.08. The summed E-state index contributed by atoms with van der Waals surface area (Å²) in [7, 11) is 2.00. The third-order valence-corrected chi connectivity index (χ3v) is 4.09. The first kappa shape index (κ1) is 14.2. The van der Waals surface area contributed by atoms with Crippen LogP contribution in [0, 0.1) is 0 Å². The Hall–Kier alpha value is -1.26. The van der Waals surface area contributed by atoms with E-state index in [0.717, 1.165) is 18.5 Å². The highest BCUT2D eigenvalue weighted by Crippen LogP contribution is 2.39. The highest BCUT2D eigenvalue weighted by atomic mass is 35.5. The number of carbonyl (C=O) groups excluding carboxylic acids is 1. The molecule has 0 aliphatic carbocycles. The lowest BCUT2D eigenvalue weighted by Crippen LogP contribution is -2.30. The van der Waals surface area contributed by atoms with Gasteiger partial charge in [0.2, 0.25) is 0 Å². The summed E-state index contributed by atoms with van der Waals surface area (Å²) in [5, 5.41) is 13.0. The van der Waals surface area contributed by atoms with Gasteiger partial charge in [-0.15, -0.1) is 0 Å². The molecule has 1 atom stereocenters. The van der Waals surface area contributed by atoms with Crippen LogP contribution in [0.2, 0.25) is 5.02 Å². The Balaban J connectivity index is 2.39. The molecule has 0 fully saturated rings. The van der Waals surface area contributed by atoms with E-state index in [0.29, 0.717) is 22.3 Å². The van der Waals surface area contributed by atoms with Crippen molar-refractivity contribution < 1.29 is 9.90 Å². The highest BCUT2D eigenvalue weighted by molar-refractivity contribution is 6.33. The molecule has 0 saturated carbocycles. The summed E-state index contributed by atoms with van der Waals surface area (Å²) in [6, 6.07) is 3.91. The fourth-order valence-corrected chi connectivity index (χ4v) is 2.86. The van der Waals surface area contributed by atoms with Crippen LogP contribution in [0.3, 0.4) is 0 Å². The molecule has 1 heterocycles. The molecule has 4 nitrogen and oxygen atoms in total. The van der Waals surface area contributed by atoms with Crippen LogP contribution in [0.1, 0.15) is 38.4 Å². The Morgan fingerprint density at radius 1 is 1.42 bits per heavy atom. The summed E-state index contributed by atoms with van der Waals surface area (Å²) in [6.07, 6.45) is 0.935. The van der Waals surface area contributed by atoms with Crippen LogP contribution in [0.25, 0.3) is 0 Å². The minimum absolute atomic E-state index is 0.395. The molecule has 2 rings (SSSR count). The maximum Gasteiger partial charge on any atom is 0.257 e. The second-order valence-corrected chi connectivity index (χ2v) is 5.27. The van der Waals surface area contributed by atoms with Crippen LogP contribution in [-0.2, 0) is 4.79 Å².